The Morgan fingerprint density at radius 3 is 2.73 bits per heavy atom. The molecule has 0 aromatic heterocycles. The number of esters is 1. The van der Waals surface area contributed by atoms with E-state index in [1.165, 1.54) is 19.2 Å². The average molecular weight is 306 g/mol. The Labute approximate surface area is 128 Å². The maximum atomic E-state index is 11.9. The summed E-state index contributed by atoms with van der Waals surface area (Å²) >= 11 is 0. The van der Waals surface area contributed by atoms with Gasteiger partial charge in [-0.2, -0.15) is 5.26 Å². The Bertz CT molecular complexity index is 566. The van der Waals surface area contributed by atoms with E-state index in [0.717, 1.165) is 0 Å². The summed E-state index contributed by atoms with van der Waals surface area (Å²) in [7, 11) is 1.50. The molecule has 1 aromatic rings. The van der Waals surface area contributed by atoms with Crippen molar-refractivity contribution in [1.82, 2.24) is 5.32 Å². The number of rotatable bonds is 8. The maximum absolute atomic E-state index is 11.9. The predicted molar refractivity (Wildman–Crippen MR) is 77.7 cm³/mol. The minimum Gasteiger partial charge on any atom is -0.493 e. The molecule has 22 heavy (non-hydrogen) atoms. The van der Waals surface area contributed by atoms with Crippen molar-refractivity contribution in [2.45, 2.75) is 13.3 Å². The predicted octanol–water partition coefficient (Wildman–Crippen LogP) is 1.28. The van der Waals surface area contributed by atoms with Crippen molar-refractivity contribution in [2.75, 3.05) is 26.9 Å². The highest BCUT2D eigenvalue weighted by Gasteiger charge is 2.13. The smallest absolute Gasteiger partial charge is 0.338 e. The molecule has 7 nitrogen and oxygen atoms in total. The first-order chi connectivity index (χ1) is 10.6. The van der Waals surface area contributed by atoms with Gasteiger partial charge in [-0.05, 0) is 25.1 Å². The Balaban J connectivity index is 2.60. The second kappa shape index (κ2) is 9.23. The summed E-state index contributed by atoms with van der Waals surface area (Å²) < 4.78 is 15.4. The number of ether oxygens (including phenoxy) is 3. The van der Waals surface area contributed by atoms with Gasteiger partial charge < -0.3 is 19.5 Å². The van der Waals surface area contributed by atoms with Gasteiger partial charge in [-0.3, -0.25) is 4.79 Å². The lowest BCUT2D eigenvalue weighted by Crippen LogP contribution is -2.29. The molecular formula is C15H18N2O5. The lowest BCUT2D eigenvalue weighted by molar-refractivity contribution is -0.124. The third kappa shape index (κ3) is 5.32. The van der Waals surface area contributed by atoms with Crippen molar-refractivity contribution in [3.8, 4) is 17.6 Å². The van der Waals surface area contributed by atoms with Crippen LogP contribution >= 0.6 is 0 Å². The molecule has 0 bridgehead atoms. The van der Waals surface area contributed by atoms with Crippen LogP contribution in [0.3, 0.4) is 0 Å². The highest BCUT2D eigenvalue weighted by Crippen LogP contribution is 2.28. The fourth-order valence-corrected chi connectivity index (χ4v) is 1.60. The van der Waals surface area contributed by atoms with Crippen molar-refractivity contribution < 1.29 is 23.8 Å². The zero-order valence-electron chi connectivity index (χ0n) is 12.5. The molecule has 0 aliphatic rings. The van der Waals surface area contributed by atoms with Crippen LogP contribution in [0, 0.1) is 11.3 Å². The molecule has 7 heteroatoms. The van der Waals surface area contributed by atoms with Gasteiger partial charge >= 0.3 is 5.97 Å². The summed E-state index contributed by atoms with van der Waals surface area (Å²) in [5, 5.41) is 10.8. The SMILES string of the molecule is CCOc1cc(C(=O)OCC(=O)NCCC#N)ccc1OC. The lowest BCUT2D eigenvalue weighted by atomic mass is 10.2. The van der Waals surface area contributed by atoms with Crippen LogP contribution in [0.5, 0.6) is 11.5 Å². The van der Waals surface area contributed by atoms with Crippen LogP contribution in [0.4, 0.5) is 0 Å². The molecule has 0 aliphatic heterocycles. The van der Waals surface area contributed by atoms with Crippen LogP contribution in [0.25, 0.3) is 0 Å². The molecule has 1 rings (SSSR count). The van der Waals surface area contributed by atoms with Crippen molar-refractivity contribution in [3.63, 3.8) is 0 Å². The molecular weight excluding hydrogens is 288 g/mol. The van der Waals surface area contributed by atoms with E-state index in [-0.39, 0.29) is 18.5 Å². The second-order valence-corrected chi connectivity index (χ2v) is 4.13. The van der Waals surface area contributed by atoms with E-state index in [0.29, 0.717) is 18.1 Å². The number of nitrogens with one attached hydrogen (secondary N) is 1. The zero-order valence-corrected chi connectivity index (χ0v) is 12.5. The van der Waals surface area contributed by atoms with E-state index in [1.54, 1.807) is 6.07 Å². The monoisotopic (exact) mass is 306 g/mol. The van der Waals surface area contributed by atoms with E-state index in [2.05, 4.69) is 5.32 Å². The van der Waals surface area contributed by atoms with E-state index in [4.69, 9.17) is 19.5 Å². The van der Waals surface area contributed by atoms with E-state index in [9.17, 15) is 9.59 Å². The Morgan fingerprint density at radius 2 is 2.09 bits per heavy atom. The molecule has 0 fully saturated rings. The highest BCUT2D eigenvalue weighted by atomic mass is 16.5. The number of nitriles is 1. The van der Waals surface area contributed by atoms with Crippen LogP contribution in [0.1, 0.15) is 23.7 Å². The van der Waals surface area contributed by atoms with Crippen molar-refractivity contribution in [1.29, 1.82) is 5.26 Å². The van der Waals surface area contributed by atoms with E-state index in [1.807, 2.05) is 13.0 Å². The van der Waals surface area contributed by atoms with Gasteiger partial charge in [-0.1, -0.05) is 0 Å². The van der Waals surface area contributed by atoms with Gasteiger partial charge in [0.1, 0.15) is 0 Å². The standard InChI is InChI=1S/C15H18N2O5/c1-3-21-13-9-11(5-6-12(13)20-2)15(19)22-10-14(18)17-8-4-7-16/h5-6,9H,3-4,8,10H2,1-2H3,(H,17,18). The van der Waals surface area contributed by atoms with Crippen LogP contribution < -0.4 is 14.8 Å². The molecule has 0 spiro atoms. The lowest BCUT2D eigenvalue weighted by Gasteiger charge is -2.11. The minimum atomic E-state index is -0.640. The second-order valence-electron chi connectivity index (χ2n) is 4.13. The van der Waals surface area contributed by atoms with E-state index >= 15 is 0 Å². The molecule has 1 amide bonds. The summed E-state index contributed by atoms with van der Waals surface area (Å²) in [6.07, 6.45) is 0.204. The minimum absolute atomic E-state index is 0.204. The first kappa shape index (κ1) is 17.3. The Kier molecular flexibility index (Phi) is 7.26. The highest BCUT2D eigenvalue weighted by molar-refractivity contribution is 5.92. The molecule has 0 atom stereocenters. The van der Waals surface area contributed by atoms with Crippen LogP contribution in [-0.2, 0) is 9.53 Å². The van der Waals surface area contributed by atoms with Gasteiger partial charge in [-0.25, -0.2) is 4.79 Å². The summed E-state index contributed by atoms with van der Waals surface area (Å²) in [5.41, 5.74) is 0.258. The quantitative estimate of drug-likeness (QED) is 0.574. The van der Waals surface area contributed by atoms with Crippen molar-refractivity contribution in [2.24, 2.45) is 0 Å². The topological polar surface area (TPSA) is 97.6 Å². The number of hydrogen-bond acceptors (Lipinski definition) is 6. The molecule has 0 saturated carbocycles. The van der Waals surface area contributed by atoms with Gasteiger partial charge in [0.05, 0.1) is 31.8 Å². The first-order valence-corrected chi connectivity index (χ1v) is 6.74. The van der Waals surface area contributed by atoms with Crippen molar-refractivity contribution >= 4 is 11.9 Å². The summed E-state index contributed by atoms with van der Waals surface area (Å²) in [6.45, 7) is 2.07. The fourth-order valence-electron chi connectivity index (χ4n) is 1.60. The molecule has 0 saturated heterocycles. The van der Waals surface area contributed by atoms with Gasteiger partial charge in [-0.15, -0.1) is 0 Å². The molecule has 0 radical (unpaired) electrons. The van der Waals surface area contributed by atoms with E-state index < -0.39 is 18.5 Å². The third-order valence-electron chi connectivity index (χ3n) is 2.59. The van der Waals surface area contributed by atoms with Crippen LogP contribution in [0.15, 0.2) is 18.2 Å². The molecule has 0 unspecified atom stereocenters. The molecule has 0 aliphatic carbocycles. The number of hydrogen-bond donors (Lipinski definition) is 1. The molecule has 0 heterocycles. The Hall–Kier alpha value is -2.75. The van der Waals surface area contributed by atoms with Gasteiger partial charge in [0, 0.05) is 6.54 Å². The van der Waals surface area contributed by atoms with Crippen LogP contribution in [0.2, 0.25) is 0 Å². The summed E-state index contributed by atoms with van der Waals surface area (Å²) in [6, 6.07) is 6.51. The van der Waals surface area contributed by atoms with Crippen molar-refractivity contribution in [3.05, 3.63) is 23.8 Å². The molecule has 1 aromatic carbocycles. The average Bonchev–Trinajstić information content (AvgIpc) is 2.53. The first-order valence-electron chi connectivity index (χ1n) is 6.74. The molecule has 1 N–H and O–H groups in total. The number of amides is 1. The van der Waals surface area contributed by atoms with Gasteiger partial charge in [0.25, 0.3) is 5.91 Å². The number of nitrogens with zero attached hydrogens (tertiary/aromatic N) is 1. The summed E-state index contributed by atoms with van der Waals surface area (Å²) in [4.78, 5) is 23.3. The normalized spacial score (nSPS) is 9.50. The maximum Gasteiger partial charge on any atom is 0.338 e. The fraction of sp³-hybridized carbons (Fsp3) is 0.400. The number of benzene rings is 1. The third-order valence-corrected chi connectivity index (χ3v) is 2.59. The number of carbonyl (C=O) groups excluding carboxylic acids is 2. The summed E-state index contributed by atoms with van der Waals surface area (Å²) in [5.74, 6) is -0.160. The van der Waals surface area contributed by atoms with Gasteiger partial charge in [0.2, 0.25) is 0 Å². The Morgan fingerprint density at radius 1 is 1.32 bits per heavy atom. The largest absolute Gasteiger partial charge is 0.493 e. The zero-order chi connectivity index (χ0) is 16.4. The van der Waals surface area contributed by atoms with Crippen LogP contribution in [-0.4, -0.2) is 38.7 Å². The number of carbonyl (C=O) groups is 2. The van der Waals surface area contributed by atoms with Gasteiger partial charge in [0.15, 0.2) is 18.1 Å². The molecule has 118 valence electrons. The number of methoxy groups -OCH3 is 1.